The summed E-state index contributed by atoms with van der Waals surface area (Å²) in [4.78, 5) is 0. The molecule has 100 valence electrons. The highest BCUT2D eigenvalue weighted by Gasteiger charge is 2.41. The highest BCUT2D eigenvalue weighted by atomic mass is 31.1. The molecule has 0 radical (unpaired) electrons. The van der Waals surface area contributed by atoms with Gasteiger partial charge in [0.2, 0.25) is 8.10 Å². The molecule has 3 rings (SSSR count). The smallest absolute Gasteiger partial charge is 0.233 e. The van der Waals surface area contributed by atoms with E-state index < -0.39 is 8.10 Å². The Morgan fingerprint density at radius 3 is 1.95 bits per heavy atom. The van der Waals surface area contributed by atoms with Gasteiger partial charge in [0.05, 0.1) is 6.07 Å². The average Bonchev–Trinajstić information content (AvgIpc) is 3.29. The van der Waals surface area contributed by atoms with Crippen LogP contribution in [-0.2, 0) is 4.57 Å². The molecule has 1 aliphatic heterocycles. The predicted octanol–water partition coefficient (Wildman–Crippen LogP) is 3.42. The minimum absolute atomic E-state index is 0.212. The fraction of sp³-hybridized carbons (Fsp3) is 0.133. The Bertz CT molecular complexity index is 614. The third kappa shape index (κ3) is 2.46. The van der Waals surface area contributed by atoms with E-state index in [1.807, 2.05) is 65.3 Å². The van der Waals surface area contributed by atoms with Crippen LogP contribution in [0.1, 0.15) is 0 Å². The first-order chi connectivity index (χ1) is 9.81. The van der Waals surface area contributed by atoms with Gasteiger partial charge in [-0.15, -0.1) is 0 Å². The number of hydrogen-bond donors (Lipinski definition) is 0. The lowest BCUT2D eigenvalue weighted by Gasteiger charge is -2.24. The first kappa shape index (κ1) is 12.9. The van der Waals surface area contributed by atoms with E-state index in [1.54, 1.807) is 4.67 Å². The molecule has 2 aromatic rings. The van der Waals surface area contributed by atoms with Gasteiger partial charge in [0, 0.05) is 17.9 Å². The summed E-state index contributed by atoms with van der Waals surface area (Å²) in [5.74, 6) is 0. The van der Waals surface area contributed by atoms with Gasteiger partial charge in [0.1, 0.15) is 6.04 Å². The fourth-order valence-corrected chi connectivity index (χ4v) is 3.76. The molecule has 4 nitrogen and oxygen atoms in total. The van der Waals surface area contributed by atoms with Crippen LogP contribution in [0.25, 0.3) is 0 Å². The zero-order chi connectivity index (χ0) is 13.9. The molecule has 20 heavy (non-hydrogen) atoms. The first-order valence-corrected chi connectivity index (χ1v) is 7.72. The van der Waals surface area contributed by atoms with E-state index in [9.17, 15) is 4.57 Å². The van der Waals surface area contributed by atoms with Crippen molar-refractivity contribution in [2.24, 2.45) is 0 Å². The SMILES string of the molecule is N#CC1CN1[PH](=O)N(c1ccccc1)c1ccccc1. The molecular weight excluding hydrogens is 269 g/mol. The molecule has 0 saturated carbocycles. The molecule has 0 spiro atoms. The molecule has 0 bridgehead atoms. The van der Waals surface area contributed by atoms with Crippen LogP contribution >= 0.6 is 8.10 Å². The summed E-state index contributed by atoms with van der Waals surface area (Å²) in [6.07, 6.45) is 0. The molecule has 3 atom stereocenters. The minimum Gasteiger partial charge on any atom is -0.285 e. The lowest BCUT2D eigenvalue weighted by molar-refractivity contribution is 0.564. The van der Waals surface area contributed by atoms with Crippen molar-refractivity contribution in [3.05, 3.63) is 60.7 Å². The van der Waals surface area contributed by atoms with E-state index in [2.05, 4.69) is 6.07 Å². The molecule has 0 N–H and O–H groups in total. The largest absolute Gasteiger partial charge is 0.285 e. The topological polar surface area (TPSA) is 47.1 Å². The van der Waals surface area contributed by atoms with Crippen molar-refractivity contribution in [2.45, 2.75) is 6.04 Å². The second-order valence-corrected chi connectivity index (χ2v) is 6.17. The molecule has 2 aromatic carbocycles. The molecule has 0 aromatic heterocycles. The predicted molar refractivity (Wildman–Crippen MR) is 80.1 cm³/mol. The van der Waals surface area contributed by atoms with E-state index in [4.69, 9.17) is 5.26 Å². The molecule has 1 aliphatic rings. The monoisotopic (exact) mass is 283 g/mol. The van der Waals surface area contributed by atoms with Gasteiger partial charge in [0.25, 0.3) is 0 Å². The van der Waals surface area contributed by atoms with Crippen molar-refractivity contribution in [1.82, 2.24) is 4.67 Å². The standard InChI is InChI=1S/C15H14N3OP/c16-11-15-12-17(15)20(19)18(13-7-3-1-4-8-13)14-9-5-2-6-10-14/h1-10,15,20H,12H2. The van der Waals surface area contributed by atoms with Gasteiger partial charge in [-0.25, -0.2) is 4.67 Å². The Kier molecular flexibility index (Phi) is 3.56. The zero-order valence-electron chi connectivity index (χ0n) is 10.8. The third-order valence-corrected chi connectivity index (χ3v) is 5.11. The van der Waals surface area contributed by atoms with Crippen molar-refractivity contribution in [1.29, 1.82) is 5.26 Å². The molecule has 3 unspecified atom stereocenters. The molecule has 1 heterocycles. The fourth-order valence-electron chi connectivity index (χ4n) is 2.11. The number of benzene rings is 2. The van der Waals surface area contributed by atoms with Crippen LogP contribution in [0.3, 0.4) is 0 Å². The van der Waals surface area contributed by atoms with E-state index in [0.29, 0.717) is 6.54 Å². The quantitative estimate of drug-likeness (QED) is 0.637. The normalized spacial score (nSPS) is 21.8. The number of rotatable bonds is 4. The Hall–Kier alpha value is -2.08. The van der Waals surface area contributed by atoms with Gasteiger partial charge < -0.3 is 0 Å². The van der Waals surface area contributed by atoms with Gasteiger partial charge in [-0.1, -0.05) is 36.4 Å². The van der Waals surface area contributed by atoms with Gasteiger partial charge >= 0.3 is 0 Å². The molecule has 5 heteroatoms. The Morgan fingerprint density at radius 2 is 1.55 bits per heavy atom. The third-order valence-electron chi connectivity index (χ3n) is 3.23. The maximum atomic E-state index is 12.8. The Labute approximate surface area is 118 Å². The summed E-state index contributed by atoms with van der Waals surface area (Å²) < 4.78 is 16.3. The van der Waals surface area contributed by atoms with Crippen molar-refractivity contribution in [3.8, 4) is 6.07 Å². The number of nitriles is 1. The van der Waals surface area contributed by atoms with Crippen LogP contribution in [0.4, 0.5) is 11.4 Å². The first-order valence-electron chi connectivity index (χ1n) is 6.41. The Balaban J connectivity index is 1.97. The summed E-state index contributed by atoms with van der Waals surface area (Å²) in [6.45, 7) is 0.588. The molecule has 1 fully saturated rings. The zero-order valence-corrected chi connectivity index (χ0v) is 11.8. The van der Waals surface area contributed by atoms with Crippen LogP contribution in [0.15, 0.2) is 60.7 Å². The van der Waals surface area contributed by atoms with Crippen LogP contribution in [0, 0.1) is 11.3 Å². The van der Waals surface area contributed by atoms with Gasteiger partial charge in [-0.05, 0) is 24.3 Å². The lowest BCUT2D eigenvalue weighted by atomic mass is 10.3. The maximum Gasteiger partial charge on any atom is 0.233 e. The number of hydrogen-bond acceptors (Lipinski definition) is 2. The van der Waals surface area contributed by atoms with Crippen molar-refractivity contribution in [2.75, 3.05) is 11.2 Å². The lowest BCUT2D eigenvalue weighted by Crippen LogP contribution is -2.11. The summed E-state index contributed by atoms with van der Waals surface area (Å²) in [5, 5.41) is 8.92. The second kappa shape index (κ2) is 5.50. The number of anilines is 2. The summed E-state index contributed by atoms with van der Waals surface area (Å²) in [6, 6.07) is 21.2. The van der Waals surface area contributed by atoms with Crippen LogP contribution in [-0.4, -0.2) is 17.3 Å². The highest BCUT2D eigenvalue weighted by Crippen LogP contribution is 2.48. The minimum atomic E-state index is -2.20. The summed E-state index contributed by atoms with van der Waals surface area (Å²) >= 11 is 0. The van der Waals surface area contributed by atoms with Crippen molar-refractivity contribution in [3.63, 3.8) is 0 Å². The van der Waals surface area contributed by atoms with Gasteiger partial charge in [-0.2, -0.15) is 5.26 Å². The van der Waals surface area contributed by atoms with E-state index >= 15 is 0 Å². The van der Waals surface area contributed by atoms with Gasteiger partial charge in [0.15, 0.2) is 0 Å². The molecular formula is C15H14N3OP. The van der Waals surface area contributed by atoms with Crippen molar-refractivity contribution >= 4 is 19.5 Å². The van der Waals surface area contributed by atoms with Crippen LogP contribution < -0.4 is 4.67 Å². The van der Waals surface area contributed by atoms with E-state index in [-0.39, 0.29) is 6.04 Å². The second-order valence-electron chi connectivity index (χ2n) is 4.59. The number of nitrogens with zero attached hydrogens (tertiary/aromatic N) is 3. The number of para-hydroxylation sites is 2. The van der Waals surface area contributed by atoms with Crippen molar-refractivity contribution < 1.29 is 4.57 Å². The molecule has 0 amide bonds. The van der Waals surface area contributed by atoms with E-state index in [1.165, 1.54) is 0 Å². The van der Waals surface area contributed by atoms with Crippen LogP contribution in [0.5, 0.6) is 0 Å². The summed E-state index contributed by atoms with van der Waals surface area (Å²) in [7, 11) is -2.20. The molecule has 1 saturated heterocycles. The van der Waals surface area contributed by atoms with E-state index in [0.717, 1.165) is 11.4 Å². The van der Waals surface area contributed by atoms with Gasteiger partial charge in [-0.3, -0.25) is 9.24 Å². The maximum absolute atomic E-state index is 12.8. The average molecular weight is 283 g/mol. The highest BCUT2D eigenvalue weighted by molar-refractivity contribution is 7.45. The van der Waals surface area contributed by atoms with Crippen LogP contribution in [0.2, 0.25) is 0 Å². The Morgan fingerprint density at radius 1 is 1.05 bits per heavy atom. The molecule has 0 aliphatic carbocycles. The summed E-state index contributed by atoms with van der Waals surface area (Å²) in [5.41, 5.74) is 1.76.